The Labute approximate surface area is 139 Å². The molecule has 2 aliphatic carbocycles. The van der Waals surface area contributed by atoms with Gasteiger partial charge in [0.2, 0.25) is 0 Å². The fraction of sp³-hybridized carbons (Fsp3) is 0.818. The van der Waals surface area contributed by atoms with Gasteiger partial charge in [0.1, 0.15) is 0 Å². The number of rotatable bonds is 7. The number of allylic oxidation sites excluding steroid dienone is 4. The predicted molar refractivity (Wildman–Crippen MR) is 99.0 cm³/mol. The largest absolute Gasteiger partial charge is 0.0914 e. The molecule has 2 rings (SSSR count). The SMILES string of the molecule is CC=C[C@H]1CC[C@H](C=CCC[C@H]2CC[C@H](CCC)CC2)CC1. The lowest BCUT2D eigenvalue weighted by Gasteiger charge is -2.28. The van der Waals surface area contributed by atoms with E-state index < -0.39 is 0 Å². The Bertz CT molecular complexity index is 322. The molecule has 0 bridgehead atoms. The van der Waals surface area contributed by atoms with E-state index in [2.05, 4.69) is 38.2 Å². The normalized spacial score (nSPS) is 33.7. The summed E-state index contributed by atoms with van der Waals surface area (Å²) < 4.78 is 0. The van der Waals surface area contributed by atoms with Gasteiger partial charge in [-0.05, 0) is 69.1 Å². The van der Waals surface area contributed by atoms with E-state index in [9.17, 15) is 0 Å². The molecule has 0 spiro atoms. The molecule has 2 aliphatic rings. The second-order valence-electron chi connectivity index (χ2n) is 7.88. The third kappa shape index (κ3) is 6.31. The molecular formula is C22H38. The van der Waals surface area contributed by atoms with Gasteiger partial charge in [0, 0.05) is 0 Å². The van der Waals surface area contributed by atoms with E-state index in [4.69, 9.17) is 0 Å². The highest BCUT2D eigenvalue weighted by Gasteiger charge is 2.20. The molecule has 0 saturated heterocycles. The van der Waals surface area contributed by atoms with E-state index in [1.807, 2.05) is 0 Å². The molecule has 0 aliphatic heterocycles. The van der Waals surface area contributed by atoms with Gasteiger partial charge in [-0.3, -0.25) is 0 Å². The van der Waals surface area contributed by atoms with Gasteiger partial charge in [0.25, 0.3) is 0 Å². The van der Waals surface area contributed by atoms with Crippen molar-refractivity contribution in [3.8, 4) is 0 Å². The summed E-state index contributed by atoms with van der Waals surface area (Å²) >= 11 is 0. The van der Waals surface area contributed by atoms with Crippen molar-refractivity contribution in [3.63, 3.8) is 0 Å². The molecule has 0 heteroatoms. The average molecular weight is 303 g/mol. The van der Waals surface area contributed by atoms with E-state index in [0.29, 0.717) is 0 Å². The Morgan fingerprint density at radius 2 is 1.27 bits per heavy atom. The van der Waals surface area contributed by atoms with Crippen molar-refractivity contribution in [1.82, 2.24) is 0 Å². The van der Waals surface area contributed by atoms with E-state index in [0.717, 1.165) is 23.7 Å². The average Bonchev–Trinajstić information content (AvgIpc) is 2.55. The van der Waals surface area contributed by atoms with Crippen LogP contribution in [0, 0.1) is 23.7 Å². The molecule has 0 nitrogen and oxygen atoms in total. The standard InChI is InChI=1S/C22H38/c1-3-7-19-11-15-21(16-12-19)9-5-6-10-22-17-13-20(8-4-2)14-18-22/h3,5,7,9,19-22H,4,6,8,10-18H2,1-2H3/t19-,20-,21-,22-. The lowest BCUT2D eigenvalue weighted by atomic mass is 9.78. The van der Waals surface area contributed by atoms with E-state index in [1.165, 1.54) is 77.0 Å². The number of hydrogen-bond acceptors (Lipinski definition) is 0. The highest BCUT2D eigenvalue weighted by atomic mass is 14.3. The van der Waals surface area contributed by atoms with Crippen molar-refractivity contribution in [3.05, 3.63) is 24.3 Å². The van der Waals surface area contributed by atoms with Crippen molar-refractivity contribution < 1.29 is 0 Å². The summed E-state index contributed by atoms with van der Waals surface area (Å²) in [7, 11) is 0. The molecule has 126 valence electrons. The first-order valence-electron chi connectivity index (χ1n) is 10.1. The van der Waals surface area contributed by atoms with Crippen LogP contribution in [-0.2, 0) is 0 Å². The Morgan fingerprint density at radius 3 is 1.82 bits per heavy atom. The fourth-order valence-electron chi connectivity index (χ4n) is 4.64. The van der Waals surface area contributed by atoms with Crippen molar-refractivity contribution in [2.24, 2.45) is 23.7 Å². The van der Waals surface area contributed by atoms with Gasteiger partial charge in [-0.2, -0.15) is 0 Å². The Hall–Kier alpha value is -0.520. The maximum Gasteiger partial charge on any atom is -0.0233 e. The van der Waals surface area contributed by atoms with Crippen LogP contribution in [-0.4, -0.2) is 0 Å². The molecule has 0 heterocycles. The van der Waals surface area contributed by atoms with Crippen LogP contribution in [0.25, 0.3) is 0 Å². The minimum absolute atomic E-state index is 0.868. The molecule has 0 radical (unpaired) electrons. The molecule has 0 amide bonds. The van der Waals surface area contributed by atoms with Crippen LogP contribution in [0.2, 0.25) is 0 Å². The van der Waals surface area contributed by atoms with Crippen LogP contribution < -0.4 is 0 Å². The zero-order valence-corrected chi connectivity index (χ0v) is 15.1. The van der Waals surface area contributed by atoms with Crippen molar-refractivity contribution >= 4 is 0 Å². The Balaban J connectivity index is 1.55. The lowest BCUT2D eigenvalue weighted by Crippen LogP contribution is -2.14. The van der Waals surface area contributed by atoms with E-state index in [-0.39, 0.29) is 0 Å². The minimum atomic E-state index is 0.868. The monoisotopic (exact) mass is 302 g/mol. The predicted octanol–water partition coefficient (Wildman–Crippen LogP) is 7.31. The summed E-state index contributed by atoms with van der Waals surface area (Å²) in [6.07, 6.45) is 27.0. The molecule has 0 unspecified atom stereocenters. The Kier molecular flexibility index (Phi) is 8.34. The first-order chi connectivity index (χ1) is 10.8. The molecule has 0 atom stereocenters. The summed E-state index contributed by atoms with van der Waals surface area (Å²) in [4.78, 5) is 0. The molecule has 22 heavy (non-hydrogen) atoms. The Morgan fingerprint density at radius 1 is 0.727 bits per heavy atom. The molecule has 0 N–H and O–H groups in total. The van der Waals surface area contributed by atoms with Crippen molar-refractivity contribution in [1.29, 1.82) is 0 Å². The van der Waals surface area contributed by atoms with Gasteiger partial charge in [-0.1, -0.05) is 69.8 Å². The van der Waals surface area contributed by atoms with Crippen LogP contribution in [0.1, 0.15) is 90.9 Å². The van der Waals surface area contributed by atoms with Gasteiger partial charge in [0.15, 0.2) is 0 Å². The van der Waals surface area contributed by atoms with Crippen LogP contribution in [0.3, 0.4) is 0 Å². The highest BCUT2D eigenvalue weighted by Crippen LogP contribution is 2.34. The second-order valence-corrected chi connectivity index (χ2v) is 7.88. The van der Waals surface area contributed by atoms with Crippen LogP contribution >= 0.6 is 0 Å². The molecule has 0 aromatic carbocycles. The van der Waals surface area contributed by atoms with Crippen molar-refractivity contribution in [2.75, 3.05) is 0 Å². The molecule has 2 fully saturated rings. The maximum atomic E-state index is 2.55. The summed E-state index contributed by atoms with van der Waals surface area (Å²) in [5.41, 5.74) is 0. The molecule has 0 aromatic rings. The summed E-state index contributed by atoms with van der Waals surface area (Å²) in [5.74, 6) is 3.84. The fourth-order valence-corrected chi connectivity index (χ4v) is 4.64. The van der Waals surface area contributed by atoms with Gasteiger partial charge in [0.05, 0.1) is 0 Å². The van der Waals surface area contributed by atoms with Gasteiger partial charge >= 0.3 is 0 Å². The summed E-state index contributed by atoms with van der Waals surface area (Å²) in [5, 5.41) is 0. The quantitative estimate of drug-likeness (QED) is 0.432. The van der Waals surface area contributed by atoms with Crippen molar-refractivity contribution in [2.45, 2.75) is 90.9 Å². The lowest BCUT2D eigenvalue weighted by molar-refractivity contribution is 0.253. The third-order valence-corrected chi connectivity index (χ3v) is 6.09. The topological polar surface area (TPSA) is 0 Å². The number of hydrogen-bond donors (Lipinski definition) is 0. The van der Waals surface area contributed by atoms with Crippen LogP contribution in [0.15, 0.2) is 24.3 Å². The van der Waals surface area contributed by atoms with Crippen LogP contribution in [0.4, 0.5) is 0 Å². The summed E-state index contributed by atoms with van der Waals surface area (Å²) in [6.45, 7) is 4.49. The zero-order valence-electron chi connectivity index (χ0n) is 15.1. The van der Waals surface area contributed by atoms with E-state index in [1.54, 1.807) is 0 Å². The first-order valence-corrected chi connectivity index (χ1v) is 10.1. The zero-order chi connectivity index (χ0) is 15.6. The minimum Gasteiger partial charge on any atom is -0.0914 e. The van der Waals surface area contributed by atoms with Gasteiger partial charge in [-0.25, -0.2) is 0 Å². The van der Waals surface area contributed by atoms with E-state index >= 15 is 0 Å². The maximum absolute atomic E-state index is 2.55. The third-order valence-electron chi connectivity index (χ3n) is 6.09. The molecule has 0 aromatic heterocycles. The second kappa shape index (κ2) is 10.3. The molecule has 2 saturated carbocycles. The van der Waals surface area contributed by atoms with Gasteiger partial charge in [-0.15, -0.1) is 0 Å². The van der Waals surface area contributed by atoms with Gasteiger partial charge < -0.3 is 0 Å². The highest BCUT2D eigenvalue weighted by molar-refractivity contribution is 4.95. The summed E-state index contributed by atoms with van der Waals surface area (Å²) in [6, 6.07) is 0. The first kappa shape index (κ1) is 17.8. The van der Waals surface area contributed by atoms with Crippen LogP contribution in [0.5, 0.6) is 0 Å². The molecular weight excluding hydrogens is 264 g/mol. The smallest absolute Gasteiger partial charge is 0.0233 e.